The van der Waals surface area contributed by atoms with Gasteiger partial charge in [-0.1, -0.05) is 12.1 Å². The molecule has 0 atom stereocenters. The van der Waals surface area contributed by atoms with Crippen molar-refractivity contribution in [1.82, 2.24) is 10.2 Å². The van der Waals surface area contributed by atoms with Gasteiger partial charge in [0, 0.05) is 32.7 Å². The Morgan fingerprint density at radius 3 is 2.88 bits per heavy atom. The van der Waals surface area contributed by atoms with E-state index in [4.69, 9.17) is 9.84 Å². The lowest BCUT2D eigenvalue weighted by atomic mass is 10.2. The average Bonchev–Trinajstić information content (AvgIpc) is 2.31. The summed E-state index contributed by atoms with van der Waals surface area (Å²) in [5.74, 6) is 0.732. The molecule has 0 aliphatic carbocycles. The van der Waals surface area contributed by atoms with E-state index in [0.717, 1.165) is 38.5 Å². The van der Waals surface area contributed by atoms with Crippen LogP contribution in [0.1, 0.15) is 5.56 Å². The van der Waals surface area contributed by atoms with Crippen LogP contribution in [0.15, 0.2) is 24.3 Å². The van der Waals surface area contributed by atoms with Crippen LogP contribution in [0.25, 0.3) is 0 Å². The highest BCUT2D eigenvalue weighted by atomic mass is 16.6. The maximum absolute atomic E-state index is 8.69. The largest absolute Gasteiger partial charge is 0.468 e. The molecule has 2 N–H and O–H groups in total. The first-order chi connectivity index (χ1) is 7.88. The SMILES string of the molecule is OCOc1cccc(CN2CCNCC2)c1. The van der Waals surface area contributed by atoms with E-state index in [-0.39, 0.29) is 6.79 Å². The van der Waals surface area contributed by atoms with Crippen molar-refractivity contribution in [3.63, 3.8) is 0 Å². The molecule has 88 valence electrons. The topological polar surface area (TPSA) is 44.7 Å². The molecule has 0 saturated carbocycles. The van der Waals surface area contributed by atoms with Gasteiger partial charge in [-0.2, -0.15) is 0 Å². The van der Waals surface area contributed by atoms with Crippen LogP contribution in [-0.4, -0.2) is 43.0 Å². The number of nitrogens with one attached hydrogen (secondary N) is 1. The Bertz CT molecular complexity index is 325. The monoisotopic (exact) mass is 222 g/mol. The quantitative estimate of drug-likeness (QED) is 0.725. The van der Waals surface area contributed by atoms with Crippen molar-refractivity contribution in [2.75, 3.05) is 33.0 Å². The fourth-order valence-electron chi connectivity index (χ4n) is 1.94. The molecule has 1 fully saturated rings. The van der Waals surface area contributed by atoms with E-state index in [9.17, 15) is 0 Å². The molecule has 4 heteroatoms. The first-order valence-corrected chi connectivity index (χ1v) is 5.64. The molecule has 0 spiro atoms. The lowest BCUT2D eigenvalue weighted by Gasteiger charge is -2.27. The van der Waals surface area contributed by atoms with Crippen molar-refractivity contribution in [1.29, 1.82) is 0 Å². The van der Waals surface area contributed by atoms with Crippen LogP contribution in [0.3, 0.4) is 0 Å². The van der Waals surface area contributed by atoms with Crippen molar-refractivity contribution in [3.8, 4) is 5.75 Å². The molecular formula is C12H18N2O2. The van der Waals surface area contributed by atoms with Gasteiger partial charge in [-0.3, -0.25) is 4.90 Å². The van der Waals surface area contributed by atoms with Gasteiger partial charge in [0.25, 0.3) is 0 Å². The minimum Gasteiger partial charge on any atom is -0.468 e. The Morgan fingerprint density at radius 2 is 2.12 bits per heavy atom. The van der Waals surface area contributed by atoms with Crippen molar-refractivity contribution in [2.24, 2.45) is 0 Å². The van der Waals surface area contributed by atoms with E-state index in [1.54, 1.807) is 0 Å². The summed E-state index contributed by atoms with van der Waals surface area (Å²) in [6.45, 7) is 4.98. The van der Waals surface area contributed by atoms with Gasteiger partial charge < -0.3 is 15.2 Å². The van der Waals surface area contributed by atoms with Gasteiger partial charge in [0.05, 0.1) is 0 Å². The van der Waals surface area contributed by atoms with Crippen LogP contribution in [0.5, 0.6) is 5.75 Å². The third kappa shape index (κ3) is 3.20. The maximum Gasteiger partial charge on any atom is 0.186 e. The second-order valence-corrected chi connectivity index (χ2v) is 3.95. The standard InChI is InChI=1S/C12H18N2O2/c15-10-16-12-3-1-2-11(8-12)9-14-6-4-13-5-7-14/h1-3,8,13,15H,4-7,9-10H2. The third-order valence-electron chi connectivity index (χ3n) is 2.75. The minimum atomic E-state index is -0.267. The summed E-state index contributed by atoms with van der Waals surface area (Å²) in [7, 11) is 0. The van der Waals surface area contributed by atoms with Gasteiger partial charge in [0.2, 0.25) is 0 Å². The van der Waals surface area contributed by atoms with E-state index in [2.05, 4.69) is 16.3 Å². The van der Waals surface area contributed by atoms with E-state index >= 15 is 0 Å². The predicted octanol–water partition coefficient (Wildman–Crippen LogP) is 0.420. The van der Waals surface area contributed by atoms with E-state index in [1.807, 2.05) is 18.2 Å². The van der Waals surface area contributed by atoms with Crippen molar-refractivity contribution in [2.45, 2.75) is 6.54 Å². The number of ether oxygens (including phenoxy) is 1. The molecule has 4 nitrogen and oxygen atoms in total. The van der Waals surface area contributed by atoms with Gasteiger partial charge in [-0.05, 0) is 17.7 Å². The second kappa shape index (κ2) is 5.84. The number of benzene rings is 1. The molecule has 0 aromatic heterocycles. The number of nitrogens with zero attached hydrogens (tertiary/aromatic N) is 1. The van der Waals surface area contributed by atoms with Gasteiger partial charge >= 0.3 is 0 Å². The molecule has 2 rings (SSSR count). The predicted molar refractivity (Wildman–Crippen MR) is 62.3 cm³/mol. The zero-order chi connectivity index (χ0) is 11.2. The Morgan fingerprint density at radius 1 is 1.31 bits per heavy atom. The van der Waals surface area contributed by atoms with E-state index in [0.29, 0.717) is 0 Å². The lowest BCUT2D eigenvalue weighted by Crippen LogP contribution is -2.42. The highest BCUT2D eigenvalue weighted by molar-refractivity contribution is 5.28. The van der Waals surface area contributed by atoms with Crippen LogP contribution < -0.4 is 10.1 Å². The summed E-state index contributed by atoms with van der Waals surface area (Å²) in [4.78, 5) is 2.41. The van der Waals surface area contributed by atoms with Gasteiger partial charge in [-0.15, -0.1) is 0 Å². The van der Waals surface area contributed by atoms with Crippen LogP contribution in [0, 0.1) is 0 Å². The number of piperazine rings is 1. The van der Waals surface area contributed by atoms with Crippen LogP contribution >= 0.6 is 0 Å². The summed E-state index contributed by atoms with van der Waals surface area (Å²) in [5, 5.41) is 12.0. The van der Waals surface area contributed by atoms with E-state index in [1.165, 1.54) is 5.56 Å². The molecular weight excluding hydrogens is 204 g/mol. The second-order valence-electron chi connectivity index (χ2n) is 3.95. The summed E-state index contributed by atoms with van der Waals surface area (Å²) in [5.41, 5.74) is 1.23. The summed E-state index contributed by atoms with van der Waals surface area (Å²) in [6, 6.07) is 7.89. The normalized spacial score (nSPS) is 17.3. The van der Waals surface area contributed by atoms with Crippen LogP contribution in [0.4, 0.5) is 0 Å². The smallest absolute Gasteiger partial charge is 0.186 e. The number of aliphatic hydroxyl groups excluding tert-OH is 1. The highest BCUT2D eigenvalue weighted by Crippen LogP contribution is 2.14. The fraction of sp³-hybridized carbons (Fsp3) is 0.500. The molecule has 1 aromatic carbocycles. The average molecular weight is 222 g/mol. The number of hydrogen-bond acceptors (Lipinski definition) is 4. The molecule has 1 aliphatic rings. The van der Waals surface area contributed by atoms with Crippen molar-refractivity contribution < 1.29 is 9.84 Å². The fourth-order valence-corrected chi connectivity index (χ4v) is 1.94. The highest BCUT2D eigenvalue weighted by Gasteiger charge is 2.09. The zero-order valence-corrected chi connectivity index (χ0v) is 9.35. The lowest BCUT2D eigenvalue weighted by molar-refractivity contribution is 0.0984. The number of aliphatic hydroxyl groups is 1. The summed E-state index contributed by atoms with van der Waals surface area (Å²) in [6.07, 6.45) is 0. The molecule has 0 unspecified atom stereocenters. The van der Waals surface area contributed by atoms with Crippen LogP contribution in [-0.2, 0) is 6.54 Å². The zero-order valence-electron chi connectivity index (χ0n) is 9.35. The van der Waals surface area contributed by atoms with Gasteiger partial charge in [0.15, 0.2) is 6.79 Å². The maximum atomic E-state index is 8.69. The molecule has 16 heavy (non-hydrogen) atoms. The first-order valence-electron chi connectivity index (χ1n) is 5.64. The molecule has 0 bridgehead atoms. The first kappa shape index (κ1) is 11.4. The van der Waals surface area contributed by atoms with Crippen LogP contribution in [0.2, 0.25) is 0 Å². The Hall–Kier alpha value is -1.10. The van der Waals surface area contributed by atoms with Gasteiger partial charge in [0.1, 0.15) is 5.75 Å². The number of rotatable bonds is 4. The summed E-state index contributed by atoms with van der Waals surface area (Å²) >= 11 is 0. The molecule has 1 aliphatic heterocycles. The van der Waals surface area contributed by atoms with Crippen molar-refractivity contribution >= 4 is 0 Å². The molecule has 1 saturated heterocycles. The molecule has 1 aromatic rings. The van der Waals surface area contributed by atoms with Crippen molar-refractivity contribution in [3.05, 3.63) is 29.8 Å². The Labute approximate surface area is 95.8 Å². The number of hydrogen-bond donors (Lipinski definition) is 2. The van der Waals surface area contributed by atoms with Gasteiger partial charge in [-0.25, -0.2) is 0 Å². The molecule has 0 amide bonds. The Kier molecular flexibility index (Phi) is 4.16. The van der Waals surface area contributed by atoms with E-state index < -0.39 is 0 Å². The summed E-state index contributed by atoms with van der Waals surface area (Å²) < 4.78 is 5.06. The molecule has 0 radical (unpaired) electrons. The minimum absolute atomic E-state index is 0.267. The third-order valence-corrected chi connectivity index (χ3v) is 2.75. The molecule has 1 heterocycles. The Balaban J connectivity index is 1.94.